The number of hydrogen-bond acceptors (Lipinski definition) is 9. The van der Waals surface area contributed by atoms with Crippen molar-refractivity contribution in [3.05, 3.63) is 60.0 Å². The molecule has 0 radical (unpaired) electrons. The molecular weight excluding hydrogens is 554 g/mol. The fourth-order valence-electron chi connectivity index (χ4n) is 6.93. The number of piperidine rings is 2. The van der Waals surface area contributed by atoms with Crippen LogP contribution >= 0.6 is 0 Å². The number of hydrogen-bond donors (Lipinski definition) is 0. The van der Waals surface area contributed by atoms with Gasteiger partial charge >= 0.3 is 6.01 Å². The first-order valence-corrected chi connectivity index (χ1v) is 16.3. The summed E-state index contributed by atoms with van der Waals surface area (Å²) in [6.45, 7) is 4.29. The van der Waals surface area contributed by atoms with E-state index in [0.29, 0.717) is 40.4 Å². The molecule has 4 atom stereocenters. The van der Waals surface area contributed by atoms with Crippen molar-refractivity contribution in [2.45, 2.75) is 87.9 Å². The summed E-state index contributed by atoms with van der Waals surface area (Å²) in [5.74, 6) is 2.31. The molecule has 3 saturated heterocycles. The number of rotatable bonds is 9. The van der Waals surface area contributed by atoms with Gasteiger partial charge in [-0.2, -0.15) is 9.29 Å². The van der Waals surface area contributed by atoms with Gasteiger partial charge in [-0.25, -0.2) is 13.4 Å². The van der Waals surface area contributed by atoms with E-state index in [1.807, 2.05) is 32.0 Å². The van der Waals surface area contributed by atoms with Crippen LogP contribution in [0.4, 0.5) is 5.82 Å². The molecule has 11 heteroatoms. The second-order valence-corrected chi connectivity index (χ2v) is 13.4. The van der Waals surface area contributed by atoms with Gasteiger partial charge in [-0.15, -0.1) is 0 Å². The van der Waals surface area contributed by atoms with Gasteiger partial charge in [-0.3, -0.25) is 4.98 Å². The van der Waals surface area contributed by atoms with E-state index < -0.39 is 10.0 Å². The summed E-state index contributed by atoms with van der Waals surface area (Å²) < 4.78 is 47.1. The summed E-state index contributed by atoms with van der Waals surface area (Å²) in [6.07, 6.45) is 11.9. The molecule has 5 heterocycles. The number of aromatic nitrogens is 3. The highest BCUT2D eigenvalue weighted by molar-refractivity contribution is 7.89. The van der Waals surface area contributed by atoms with Crippen LogP contribution in [0.3, 0.4) is 0 Å². The number of aryl methyl sites for hydroxylation is 2. The van der Waals surface area contributed by atoms with Crippen molar-refractivity contribution >= 4 is 15.8 Å². The number of ether oxygens (including phenoxy) is 3. The van der Waals surface area contributed by atoms with Crippen molar-refractivity contribution in [2.24, 2.45) is 0 Å². The number of methoxy groups -OCH3 is 1. The van der Waals surface area contributed by atoms with E-state index >= 15 is 0 Å². The Morgan fingerprint density at radius 2 is 1.74 bits per heavy atom. The number of pyridine rings is 1. The van der Waals surface area contributed by atoms with Gasteiger partial charge in [0, 0.05) is 43.9 Å². The Balaban J connectivity index is 1.14. The molecule has 224 valence electrons. The Labute approximate surface area is 248 Å². The summed E-state index contributed by atoms with van der Waals surface area (Å²) >= 11 is 0. The zero-order valence-corrected chi connectivity index (χ0v) is 25.3. The topological polar surface area (TPSA) is 107 Å². The SMILES string of the molecule is COc1cc(C)c(S(=O)(=O)N2CCCCC2COc2nccc(N3[C@@H]4CC[C@H]3CC(Oc3cccnc3)C4)n2)c(C)c1. The van der Waals surface area contributed by atoms with E-state index in [1.54, 1.807) is 42.1 Å². The average Bonchev–Trinajstić information content (AvgIpc) is 3.26. The van der Waals surface area contributed by atoms with E-state index in [4.69, 9.17) is 19.2 Å². The number of anilines is 1. The third-order valence-corrected chi connectivity index (χ3v) is 11.0. The molecular formula is C31H39N5O5S. The van der Waals surface area contributed by atoms with E-state index in [1.165, 1.54) is 0 Å². The first-order chi connectivity index (χ1) is 20.3. The van der Waals surface area contributed by atoms with Crippen LogP contribution in [0.1, 0.15) is 56.1 Å². The largest absolute Gasteiger partial charge is 0.497 e. The Bertz CT molecular complexity index is 1470. The molecule has 3 aromatic rings. The van der Waals surface area contributed by atoms with Crippen molar-refractivity contribution in [3.63, 3.8) is 0 Å². The summed E-state index contributed by atoms with van der Waals surface area (Å²) in [6, 6.07) is 9.98. The summed E-state index contributed by atoms with van der Waals surface area (Å²) in [4.78, 5) is 16.1. The predicted octanol–water partition coefficient (Wildman–Crippen LogP) is 4.70. The van der Waals surface area contributed by atoms with Gasteiger partial charge in [0.1, 0.15) is 30.0 Å². The van der Waals surface area contributed by atoms with Crippen LogP contribution in [0.25, 0.3) is 0 Å². The van der Waals surface area contributed by atoms with Crippen molar-refractivity contribution in [3.8, 4) is 17.5 Å². The van der Waals surface area contributed by atoms with Crippen LogP contribution in [-0.4, -0.2) is 72.2 Å². The Hall–Kier alpha value is -3.44. The zero-order chi connectivity index (χ0) is 29.3. The first-order valence-electron chi connectivity index (χ1n) is 14.8. The number of fused-ring (bicyclic) bond motifs is 2. The van der Waals surface area contributed by atoms with Gasteiger partial charge in [0.25, 0.3) is 0 Å². The Morgan fingerprint density at radius 1 is 0.976 bits per heavy atom. The lowest BCUT2D eigenvalue weighted by Crippen LogP contribution is -2.47. The molecule has 3 aliphatic rings. The molecule has 2 aromatic heterocycles. The average molecular weight is 594 g/mol. The molecule has 3 aliphatic heterocycles. The lowest BCUT2D eigenvalue weighted by Gasteiger charge is -2.39. The van der Waals surface area contributed by atoms with Crippen molar-refractivity contribution < 1.29 is 22.6 Å². The van der Waals surface area contributed by atoms with Crippen molar-refractivity contribution in [2.75, 3.05) is 25.2 Å². The Morgan fingerprint density at radius 3 is 2.43 bits per heavy atom. The van der Waals surface area contributed by atoms with E-state index in [0.717, 1.165) is 56.5 Å². The third-order valence-electron chi connectivity index (χ3n) is 8.72. The van der Waals surface area contributed by atoms with Gasteiger partial charge in [-0.1, -0.05) is 6.42 Å². The van der Waals surface area contributed by atoms with Gasteiger partial charge in [-0.05, 0) is 81.0 Å². The van der Waals surface area contributed by atoms with Gasteiger partial charge < -0.3 is 19.1 Å². The highest BCUT2D eigenvalue weighted by atomic mass is 32.2. The van der Waals surface area contributed by atoms with E-state index in [9.17, 15) is 8.42 Å². The highest BCUT2D eigenvalue weighted by Gasteiger charge is 2.42. The van der Waals surface area contributed by atoms with Crippen LogP contribution in [-0.2, 0) is 10.0 Å². The molecule has 0 spiro atoms. The lowest BCUT2D eigenvalue weighted by atomic mass is 9.99. The minimum atomic E-state index is -3.73. The molecule has 2 bridgehead atoms. The van der Waals surface area contributed by atoms with Crippen molar-refractivity contribution in [1.82, 2.24) is 19.3 Å². The summed E-state index contributed by atoms with van der Waals surface area (Å²) in [5, 5.41) is 0. The fraction of sp³-hybridized carbons (Fsp3) is 0.516. The summed E-state index contributed by atoms with van der Waals surface area (Å²) in [5.41, 5.74) is 1.36. The molecule has 3 fully saturated rings. The molecule has 0 amide bonds. The van der Waals surface area contributed by atoms with Gasteiger partial charge in [0.05, 0.1) is 24.2 Å². The van der Waals surface area contributed by atoms with Gasteiger partial charge in [0.2, 0.25) is 10.0 Å². The molecule has 1 aromatic carbocycles. The number of sulfonamides is 1. The summed E-state index contributed by atoms with van der Waals surface area (Å²) in [7, 11) is -2.14. The normalized spacial score (nSPS) is 24.4. The first kappa shape index (κ1) is 28.7. The molecule has 0 N–H and O–H groups in total. The monoisotopic (exact) mass is 593 g/mol. The molecule has 10 nitrogen and oxygen atoms in total. The van der Waals surface area contributed by atoms with Crippen LogP contribution < -0.4 is 19.1 Å². The maximum atomic E-state index is 13.9. The van der Waals surface area contributed by atoms with E-state index in [2.05, 4.69) is 14.9 Å². The van der Waals surface area contributed by atoms with Crippen molar-refractivity contribution in [1.29, 1.82) is 0 Å². The highest BCUT2D eigenvalue weighted by Crippen LogP contribution is 2.40. The van der Waals surface area contributed by atoms with Crippen LogP contribution in [0, 0.1) is 13.8 Å². The third kappa shape index (κ3) is 5.76. The minimum Gasteiger partial charge on any atom is -0.497 e. The van der Waals surface area contributed by atoms with Gasteiger partial charge in [0.15, 0.2) is 0 Å². The smallest absolute Gasteiger partial charge is 0.318 e. The standard InChI is InChI=1S/C31H39N5O5S/c1-21-15-27(39-3)16-22(2)30(21)42(37,38)35-14-5-4-7-25(35)20-40-31-33-13-11-29(34-31)36-23-9-10-24(36)18-28(17-23)41-26-8-6-12-32-19-26/h6,8,11-13,15-16,19,23-25,28H,4-5,7,9-10,14,17-18,20H2,1-3H3/t23-,24+,25?,28?. The van der Waals surface area contributed by atoms with Crippen LogP contribution in [0.15, 0.2) is 53.8 Å². The maximum absolute atomic E-state index is 13.9. The molecule has 0 aliphatic carbocycles. The number of benzene rings is 1. The van der Waals surface area contributed by atoms with E-state index in [-0.39, 0.29) is 24.8 Å². The lowest BCUT2D eigenvalue weighted by molar-refractivity contribution is 0.149. The van der Waals surface area contributed by atoms with Crippen LogP contribution in [0.5, 0.6) is 17.5 Å². The quantitative estimate of drug-likeness (QED) is 0.349. The molecule has 0 saturated carbocycles. The zero-order valence-electron chi connectivity index (χ0n) is 24.5. The Kier molecular flexibility index (Phi) is 8.22. The van der Waals surface area contributed by atoms with Crippen LogP contribution in [0.2, 0.25) is 0 Å². The predicted molar refractivity (Wildman–Crippen MR) is 159 cm³/mol. The number of nitrogens with zero attached hydrogens (tertiary/aromatic N) is 5. The second kappa shape index (κ2) is 12.0. The molecule has 6 rings (SSSR count). The molecule has 2 unspecified atom stereocenters. The maximum Gasteiger partial charge on any atom is 0.318 e. The minimum absolute atomic E-state index is 0.151. The molecule has 42 heavy (non-hydrogen) atoms. The second-order valence-electron chi connectivity index (χ2n) is 11.6. The fourth-order valence-corrected chi connectivity index (χ4v) is 9.03.